The second-order valence-corrected chi connectivity index (χ2v) is 10.2. The fourth-order valence-corrected chi connectivity index (χ4v) is 5.42. The fraction of sp³-hybridized carbons (Fsp3) is 0.522. The van der Waals surface area contributed by atoms with Crippen LogP contribution < -0.4 is 16.2 Å². The first-order valence-corrected chi connectivity index (χ1v) is 12.0. The lowest BCUT2D eigenvalue weighted by Gasteiger charge is -2.36. The van der Waals surface area contributed by atoms with Crippen LogP contribution in [0.4, 0.5) is 11.9 Å². The zero-order valence-corrected chi connectivity index (χ0v) is 20.1. The SMILES string of the molecule is CC(Sc1nc2ccccc2c(=O)n1C1CCCC(C)C1C)c1nc(N)nc(N(C)C)n1. The first-order valence-electron chi connectivity index (χ1n) is 11.1. The van der Waals surface area contributed by atoms with Crippen LogP contribution in [0, 0.1) is 11.8 Å². The van der Waals surface area contributed by atoms with Crippen molar-refractivity contribution >= 4 is 34.6 Å². The molecule has 32 heavy (non-hydrogen) atoms. The monoisotopic (exact) mass is 453 g/mol. The maximum atomic E-state index is 13.7. The molecule has 8 nitrogen and oxygen atoms in total. The minimum Gasteiger partial charge on any atom is -0.368 e. The molecule has 4 atom stereocenters. The van der Waals surface area contributed by atoms with Crippen LogP contribution in [0.15, 0.2) is 34.2 Å². The number of hydrogen-bond donors (Lipinski definition) is 1. The number of anilines is 2. The smallest absolute Gasteiger partial charge is 0.262 e. The molecular formula is C23H31N7OS. The summed E-state index contributed by atoms with van der Waals surface area (Å²) < 4.78 is 1.93. The summed E-state index contributed by atoms with van der Waals surface area (Å²) in [5, 5.41) is 1.21. The largest absolute Gasteiger partial charge is 0.368 e. The van der Waals surface area contributed by atoms with Crippen LogP contribution in [0.5, 0.6) is 0 Å². The lowest BCUT2D eigenvalue weighted by atomic mass is 9.78. The number of nitrogen functional groups attached to an aromatic ring is 1. The molecule has 0 spiro atoms. The molecular weight excluding hydrogens is 422 g/mol. The van der Waals surface area contributed by atoms with Gasteiger partial charge in [0, 0.05) is 20.1 Å². The van der Waals surface area contributed by atoms with E-state index in [2.05, 4.69) is 28.8 Å². The Morgan fingerprint density at radius 2 is 1.88 bits per heavy atom. The van der Waals surface area contributed by atoms with Crippen molar-refractivity contribution in [1.82, 2.24) is 24.5 Å². The van der Waals surface area contributed by atoms with E-state index >= 15 is 0 Å². The molecule has 0 radical (unpaired) electrons. The van der Waals surface area contributed by atoms with Crippen molar-refractivity contribution in [3.8, 4) is 0 Å². The van der Waals surface area contributed by atoms with E-state index in [0.717, 1.165) is 12.8 Å². The predicted octanol–water partition coefficient (Wildman–Crippen LogP) is 4.08. The van der Waals surface area contributed by atoms with Crippen molar-refractivity contribution in [1.29, 1.82) is 0 Å². The summed E-state index contributed by atoms with van der Waals surface area (Å²) in [7, 11) is 3.73. The average molecular weight is 454 g/mol. The van der Waals surface area contributed by atoms with Gasteiger partial charge in [-0.25, -0.2) is 4.98 Å². The predicted molar refractivity (Wildman–Crippen MR) is 130 cm³/mol. The molecule has 3 aromatic rings. The summed E-state index contributed by atoms with van der Waals surface area (Å²) in [5.74, 6) is 2.23. The van der Waals surface area contributed by atoms with E-state index in [1.807, 2.05) is 49.9 Å². The molecule has 9 heteroatoms. The van der Waals surface area contributed by atoms with Gasteiger partial charge in [0.05, 0.1) is 16.2 Å². The van der Waals surface area contributed by atoms with Crippen molar-refractivity contribution in [2.75, 3.05) is 24.7 Å². The number of rotatable bonds is 5. The number of fused-ring (bicyclic) bond motifs is 1. The Bertz CT molecular complexity index is 1180. The Labute approximate surface area is 192 Å². The van der Waals surface area contributed by atoms with E-state index in [9.17, 15) is 4.79 Å². The minimum atomic E-state index is -0.158. The number of para-hydroxylation sites is 1. The second kappa shape index (κ2) is 9.05. The normalized spacial score (nSPS) is 22.1. The van der Waals surface area contributed by atoms with Gasteiger partial charge in [0.1, 0.15) is 5.82 Å². The highest BCUT2D eigenvalue weighted by atomic mass is 32.2. The molecule has 2 heterocycles. The molecule has 0 aliphatic heterocycles. The van der Waals surface area contributed by atoms with E-state index in [1.165, 1.54) is 18.2 Å². The Kier molecular flexibility index (Phi) is 6.37. The molecule has 1 aromatic carbocycles. The molecule has 0 amide bonds. The van der Waals surface area contributed by atoms with E-state index in [-0.39, 0.29) is 22.8 Å². The van der Waals surface area contributed by atoms with E-state index in [0.29, 0.717) is 39.7 Å². The Balaban J connectivity index is 1.80. The van der Waals surface area contributed by atoms with E-state index < -0.39 is 0 Å². The van der Waals surface area contributed by atoms with Gasteiger partial charge >= 0.3 is 0 Å². The first kappa shape index (κ1) is 22.5. The van der Waals surface area contributed by atoms with Gasteiger partial charge in [0.25, 0.3) is 5.56 Å². The zero-order chi connectivity index (χ0) is 23.0. The van der Waals surface area contributed by atoms with Gasteiger partial charge in [-0.05, 0) is 37.3 Å². The van der Waals surface area contributed by atoms with E-state index in [4.69, 9.17) is 10.7 Å². The molecule has 1 fully saturated rings. The summed E-state index contributed by atoms with van der Waals surface area (Å²) in [6, 6.07) is 7.70. The maximum absolute atomic E-state index is 13.7. The van der Waals surface area contributed by atoms with Crippen LogP contribution in [0.2, 0.25) is 0 Å². The number of nitrogens with two attached hydrogens (primary N) is 1. The highest BCUT2D eigenvalue weighted by Gasteiger charge is 2.32. The summed E-state index contributed by atoms with van der Waals surface area (Å²) in [5.41, 5.74) is 6.68. The fourth-order valence-electron chi connectivity index (χ4n) is 4.41. The topological polar surface area (TPSA) is 103 Å². The molecule has 1 saturated carbocycles. The summed E-state index contributed by atoms with van der Waals surface area (Å²) in [6.45, 7) is 6.55. The van der Waals surface area contributed by atoms with Crippen LogP contribution in [-0.2, 0) is 0 Å². The summed E-state index contributed by atoms with van der Waals surface area (Å²) in [6.07, 6.45) is 3.30. The van der Waals surface area contributed by atoms with Crippen LogP contribution in [0.3, 0.4) is 0 Å². The van der Waals surface area contributed by atoms with Gasteiger partial charge in [-0.15, -0.1) is 0 Å². The van der Waals surface area contributed by atoms with Gasteiger partial charge in [-0.2, -0.15) is 15.0 Å². The van der Waals surface area contributed by atoms with Gasteiger partial charge in [0.15, 0.2) is 5.16 Å². The third-order valence-electron chi connectivity index (χ3n) is 6.47. The molecule has 2 aromatic heterocycles. The van der Waals surface area contributed by atoms with Gasteiger partial charge < -0.3 is 10.6 Å². The Morgan fingerprint density at radius 3 is 2.62 bits per heavy atom. The van der Waals surface area contributed by atoms with Crippen LogP contribution in [-0.4, -0.2) is 38.6 Å². The highest BCUT2D eigenvalue weighted by Crippen LogP contribution is 2.41. The minimum absolute atomic E-state index is 0.0281. The number of hydrogen-bond acceptors (Lipinski definition) is 8. The van der Waals surface area contributed by atoms with Crippen molar-refractivity contribution in [2.24, 2.45) is 11.8 Å². The third-order valence-corrected chi connectivity index (χ3v) is 7.54. The third kappa shape index (κ3) is 4.30. The summed E-state index contributed by atoms with van der Waals surface area (Å²) in [4.78, 5) is 33.5. The number of thioether (sulfide) groups is 1. The Morgan fingerprint density at radius 1 is 1.12 bits per heavy atom. The average Bonchev–Trinajstić information content (AvgIpc) is 2.76. The number of aromatic nitrogens is 5. The molecule has 2 N–H and O–H groups in total. The molecule has 1 aliphatic rings. The Hall–Kier alpha value is -2.68. The molecule has 4 rings (SSSR count). The molecule has 4 unspecified atom stereocenters. The zero-order valence-electron chi connectivity index (χ0n) is 19.3. The maximum Gasteiger partial charge on any atom is 0.262 e. The molecule has 170 valence electrons. The number of benzene rings is 1. The lowest BCUT2D eigenvalue weighted by molar-refractivity contribution is 0.173. The molecule has 1 aliphatic carbocycles. The van der Waals surface area contributed by atoms with E-state index in [1.54, 1.807) is 4.90 Å². The second-order valence-electron chi connectivity index (χ2n) is 8.93. The molecule has 0 saturated heterocycles. The van der Waals surface area contributed by atoms with Crippen molar-refractivity contribution < 1.29 is 0 Å². The number of nitrogens with zero attached hydrogens (tertiary/aromatic N) is 6. The first-order chi connectivity index (χ1) is 15.3. The lowest BCUT2D eigenvalue weighted by Crippen LogP contribution is -2.35. The van der Waals surface area contributed by atoms with Crippen molar-refractivity contribution in [2.45, 2.75) is 56.5 Å². The highest BCUT2D eigenvalue weighted by molar-refractivity contribution is 7.99. The van der Waals surface area contributed by atoms with Crippen LogP contribution >= 0.6 is 11.8 Å². The van der Waals surface area contributed by atoms with Gasteiger partial charge in [-0.1, -0.05) is 50.6 Å². The van der Waals surface area contributed by atoms with Crippen molar-refractivity contribution in [3.63, 3.8) is 0 Å². The van der Waals surface area contributed by atoms with Crippen LogP contribution in [0.1, 0.15) is 57.1 Å². The molecule has 0 bridgehead atoms. The van der Waals surface area contributed by atoms with Crippen molar-refractivity contribution in [3.05, 3.63) is 40.4 Å². The van der Waals surface area contributed by atoms with Gasteiger partial charge in [-0.3, -0.25) is 9.36 Å². The summed E-state index contributed by atoms with van der Waals surface area (Å²) >= 11 is 1.50. The standard InChI is InChI=1S/C23H31N7OS/c1-13-9-8-12-18(14(13)2)30-20(31)16-10-6-7-11-17(16)25-23(30)32-15(3)19-26-21(24)28-22(27-19)29(4)5/h6-7,10-11,13-15,18H,8-9,12H2,1-5H3,(H2,24,26,27,28). The quantitative estimate of drug-likeness (QED) is 0.455. The van der Waals surface area contributed by atoms with Crippen LogP contribution in [0.25, 0.3) is 10.9 Å². The van der Waals surface area contributed by atoms with Gasteiger partial charge in [0.2, 0.25) is 11.9 Å².